The van der Waals surface area contributed by atoms with Crippen molar-refractivity contribution in [1.29, 1.82) is 0 Å². The summed E-state index contributed by atoms with van der Waals surface area (Å²) in [5.41, 5.74) is 3.05. The highest BCUT2D eigenvalue weighted by atomic mass is 16.4. The van der Waals surface area contributed by atoms with E-state index in [-0.39, 0.29) is 38.6 Å². The number of para-hydroxylation sites is 2. The minimum Gasteiger partial charge on any atom is -0.480 e. The number of benzene rings is 2. The second-order valence-corrected chi connectivity index (χ2v) is 8.89. The van der Waals surface area contributed by atoms with Crippen molar-refractivity contribution >= 4 is 45.3 Å². The Morgan fingerprint density at radius 3 is 2.00 bits per heavy atom. The predicted molar refractivity (Wildman–Crippen MR) is 144 cm³/mol. The molecule has 0 radical (unpaired) electrons. The van der Waals surface area contributed by atoms with Crippen LogP contribution in [0, 0.1) is 0 Å². The smallest absolute Gasteiger partial charge is 0.317 e. The third-order valence-electron chi connectivity index (χ3n) is 5.92. The molecular formula is C27H35N5O5. The van der Waals surface area contributed by atoms with E-state index < -0.39 is 11.9 Å². The van der Waals surface area contributed by atoms with Crippen molar-refractivity contribution in [2.45, 2.75) is 25.7 Å². The van der Waals surface area contributed by atoms with E-state index in [2.05, 4.69) is 28.1 Å². The number of nitrogens with zero attached hydrogens (tertiary/aromatic N) is 2. The molecule has 0 fully saturated rings. The highest BCUT2D eigenvalue weighted by Crippen LogP contribution is 2.30. The standard InChI is InChI=1S/C27H35N5O5/c33-24(18-32(19-26(36)37)16-15-28-17-25(34)35)29-13-7-1-2-8-14-30-27-20-9-3-5-11-22(20)31-23-12-6-4-10-21(23)27/h3-6,9-12,28H,1-2,7-8,13-19H2,(H,29,33)(H,30,31)(H,34,35)(H,36,37). The van der Waals surface area contributed by atoms with Crippen molar-refractivity contribution in [2.24, 2.45) is 0 Å². The molecule has 3 rings (SSSR count). The Balaban J connectivity index is 1.34. The maximum atomic E-state index is 12.2. The topological polar surface area (TPSA) is 144 Å². The predicted octanol–water partition coefficient (Wildman–Crippen LogP) is 2.54. The monoisotopic (exact) mass is 509 g/mol. The second-order valence-electron chi connectivity index (χ2n) is 8.89. The molecule has 198 valence electrons. The molecule has 0 aliphatic carbocycles. The molecule has 0 aliphatic heterocycles. The van der Waals surface area contributed by atoms with Crippen LogP contribution in [0.25, 0.3) is 21.8 Å². The first-order chi connectivity index (χ1) is 17.9. The Bertz CT molecular complexity index is 1150. The van der Waals surface area contributed by atoms with Crippen LogP contribution in [0.3, 0.4) is 0 Å². The van der Waals surface area contributed by atoms with Gasteiger partial charge in [-0.1, -0.05) is 49.2 Å². The fourth-order valence-corrected chi connectivity index (χ4v) is 4.17. The fraction of sp³-hybridized carbons (Fsp3) is 0.407. The molecule has 2 aromatic carbocycles. The maximum Gasteiger partial charge on any atom is 0.317 e. The van der Waals surface area contributed by atoms with Crippen LogP contribution < -0.4 is 16.0 Å². The van der Waals surface area contributed by atoms with Gasteiger partial charge < -0.3 is 26.2 Å². The van der Waals surface area contributed by atoms with Crippen LogP contribution in [0.1, 0.15) is 25.7 Å². The highest BCUT2D eigenvalue weighted by Gasteiger charge is 2.14. The lowest BCUT2D eigenvalue weighted by molar-refractivity contribution is -0.139. The zero-order chi connectivity index (χ0) is 26.5. The van der Waals surface area contributed by atoms with Crippen LogP contribution in [-0.2, 0) is 14.4 Å². The first-order valence-corrected chi connectivity index (χ1v) is 12.6. The molecule has 0 spiro atoms. The number of hydrogen-bond donors (Lipinski definition) is 5. The van der Waals surface area contributed by atoms with Gasteiger partial charge in [0.15, 0.2) is 0 Å². The number of fused-ring (bicyclic) bond motifs is 2. The first-order valence-electron chi connectivity index (χ1n) is 12.6. The molecule has 10 heteroatoms. The van der Waals surface area contributed by atoms with Crippen molar-refractivity contribution < 1.29 is 24.6 Å². The highest BCUT2D eigenvalue weighted by molar-refractivity contribution is 6.07. The number of aromatic nitrogens is 1. The van der Waals surface area contributed by atoms with Gasteiger partial charge in [-0.3, -0.25) is 19.3 Å². The van der Waals surface area contributed by atoms with Crippen molar-refractivity contribution in [1.82, 2.24) is 20.5 Å². The van der Waals surface area contributed by atoms with E-state index in [0.717, 1.165) is 59.7 Å². The molecule has 0 atom stereocenters. The summed E-state index contributed by atoms with van der Waals surface area (Å²) in [6.07, 6.45) is 3.82. The van der Waals surface area contributed by atoms with Crippen molar-refractivity contribution in [2.75, 3.05) is 51.1 Å². The number of rotatable bonds is 17. The van der Waals surface area contributed by atoms with Crippen LogP contribution in [0.15, 0.2) is 48.5 Å². The number of aliphatic carboxylic acids is 2. The summed E-state index contributed by atoms with van der Waals surface area (Å²) in [6.45, 7) is 1.39. The lowest BCUT2D eigenvalue weighted by Crippen LogP contribution is -2.43. The molecule has 0 aliphatic rings. The van der Waals surface area contributed by atoms with E-state index in [9.17, 15) is 14.4 Å². The number of anilines is 1. The van der Waals surface area contributed by atoms with E-state index in [4.69, 9.17) is 15.2 Å². The number of amides is 1. The molecule has 0 unspecified atom stereocenters. The van der Waals surface area contributed by atoms with E-state index in [0.29, 0.717) is 6.54 Å². The minimum absolute atomic E-state index is 0.0428. The number of carboxylic acids is 2. The average molecular weight is 510 g/mol. The Labute approximate surface area is 216 Å². The quantitative estimate of drug-likeness (QED) is 0.137. The van der Waals surface area contributed by atoms with Crippen molar-refractivity contribution in [3.05, 3.63) is 48.5 Å². The molecule has 3 aromatic rings. The summed E-state index contributed by atoms with van der Waals surface area (Å²) in [5.74, 6) is -2.26. The summed E-state index contributed by atoms with van der Waals surface area (Å²) >= 11 is 0. The van der Waals surface area contributed by atoms with Gasteiger partial charge in [-0.25, -0.2) is 4.98 Å². The lowest BCUT2D eigenvalue weighted by atomic mass is 10.1. The van der Waals surface area contributed by atoms with Gasteiger partial charge >= 0.3 is 11.9 Å². The van der Waals surface area contributed by atoms with Gasteiger partial charge in [-0.2, -0.15) is 0 Å². The molecule has 1 heterocycles. The van der Waals surface area contributed by atoms with E-state index in [1.807, 2.05) is 36.4 Å². The average Bonchev–Trinajstić information content (AvgIpc) is 2.87. The van der Waals surface area contributed by atoms with Gasteiger partial charge in [0, 0.05) is 37.0 Å². The fourth-order valence-electron chi connectivity index (χ4n) is 4.17. The number of unbranched alkanes of at least 4 members (excludes halogenated alkanes) is 3. The number of nitrogens with one attached hydrogen (secondary N) is 3. The van der Waals surface area contributed by atoms with Gasteiger partial charge in [0.1, 0.15) is 0 Å². The number of carbonyl (C=O) groups excluding carboxylic acids is 1. The molecular weight excluding hydrogens is 474 g/mol. The number of carboxylic acid groups (broad SMARTS) is 2. The van der Waals surface area contributed by atoms with E-state index in [1.54, 1.807) is 0 Å². The van der Waals surface area contributed by atoms with Crippen LogP contribution >= 0.6 is 0 Å². The molecule has 5 N–H and O–H groups in total. The second kappa shape index (κ2) is 14.7. The summed E-state index contributed by atoms with van der Waals surface area (Å²) in [5, 5.41) is 29.0. The Kier molecular flexibility index (Phi) is 11.1. The summed E-state index contributed by atoms with van der Waals surface area (Å²) < 4.78 is 0. The van der Waals surface area contributed by atoms with E-state index >= 15 is 0 Å². The van der Waals surface area contributed by atoms with Gasteiger partial charge in [0.25, 0.3) is 0 Å². The van der Waals surface area contributed by atoms with Crippen LogP contribution in [0.2, 0.25) is 0 Å². The molecule has 37 heavy (non-hydrogen) atoms. The SMILES string of the molecule is O=C(O)CNCCN(CC(=O)O)CC(=O)NCCCCCCNc1c2ccccc2nc2ccccc12. The first kappa shape index (κ1) is 27.8. The third-order valence-corrected chi connectivity index (χ3v) is 5.92. The van der Waals surface area contributed by atoms with Gasteiger partial charge in [-0.05, 0) is 25.0 Å². The Morgan fingerprint density at radius 1 is 0.757 bits per heavy atom. The molecule has 1 aromatic heterocycles. The van der Waals surface area contributed by atoms with Gasteiger partial charge in [0.2, 0.25) is 5.91 Å². The third kappa shape index (κ3) is 9.32. The normalized spacial score (nSPS) is 11.2. The molecule has 10 nitrogen and oxygen atoms in total. The van der Waals surface area contributed by atoms with Crippen molar-refractivity contribution in [3.8, 4) is 0 Å². The Morgan fingerprint density at radius 2 is 1.38 bits per heavy atom. The molecule has 1 amide bonds. The molecule has 0 bridgehead atoms. The maximum absolute atomic E-state index is 12.2. The minimum atomic E-state index is -1.03. The summed E-state index contributed by atoms with van der Waals surface area (Å²) in [7, 11) is 0. The molecule has 0 saturated carbocycles. The molecule has 0 saturated heterocycles. The summed E-state index contributed by atoms with van der Waals surface area (Å²) in [6, 6.07) is 16.3. The largest absolute Gasteiger partial charge is 0.480 e. The van der Waals surface area contributed by atoms with Crippen LogP contribution in [0.5, 0.6) is 0 Å². The van der Waals surface area contributed by atoms with Crippen LogP contribution in [-0.4, -0.2) is 83.8 Å². The van der Waals surface area contributed by atoms with Gasteiger partial charge in [-0.15, -0.1) is 0 Å². The van der Waals surface area contributed by atoms with Crippen LogP contribution in [0.4, 0.5) is 5.69 Å². The zero-order valence-electron chi connectivity index (χ0n) is 20.9. The van der Waals surface area contributed by atoms with E-state index in [1.165, 1.54) is 4.90 Å². The number of carbonyl (C=O) groups is 3. The van der Waals surface area contributed by atoms with Gasteiger partial charge in [0.05, 0.1) is 36.4 Å². The number of hydrogen-bond acceptors (Lipinski definition) is 7. The van der Waals surface area contributed by atoms with Crippen molar-refractivity contribution in [3.63, 3.8) is 0 Å². The Hall–Kier alpha value is -3.76. The number of pyridine rings is 1. The zero-order valence-corrected chi connectivity index (χ0v) is 20.9. The lowest BCUT2D eigenvalue weighted by Gasteiger charge is -2.19. The summed E-state index contributed by atoms with van der Waals surface area (Å²) in [4.78, 5) is 40.0.